The van der Waals surface area contributed by atoms with Crippen molar-refractivity contribution in [1.82, 2.24) is 9.62 Å². The van der Waals surface area contributed by atoms with Crippen LogP contribution in [0.25, 0.3) is 10.4 Å². The number of aliphatic carboxylic acids is 1. The summed E-state index contributed by atoms with van der Waals surface area (Å²) in [4.78, 5) is 27.0. The van der Waals surface area contributed by atoms with E-state index in [1.54, 1.807) is 54.6 Å². The molecule has 0 radical (unpaired) electrons. The maximum Gasteiger partial charge on any atom is 0.325 e. The van der Waals surface area contributed by atoms with E-state index in [0.717, 1.165) is 21.8 Å². The quantitative estimate of drug-likeness (QED) is 0.349. The van der Waals surface area contributed by atoms with Crippen molar-refractivity contribution in [3.8, 4) is 10.4 Å². The Balaban J connectivity index is 1.51. The average molecular weight is 548 g/mol. The molecule has 1 aliphatic carbocycles. The molecule has 0 unspecified atom stereocenters. The highest BCUT2D eigenvalue weighted by Crippen LogP contribution is 2.53. The van der Waals surface area contributed by atoms with Gasteiger partial charge in [-0.25, -0.2) is 8.42 Å². The van der Waals surface area contributed by atoms with Crippen molar-refractivity contribution >= 4 is 50.5 Å². The molecule has 0 bridgehead atoms. The summed E-state index contributed by atoms with van der Waals surface area (Å²) in [6.07, 6.45) is 0.424. The topological polar surface area (TPSA) is 116 Å². The van der Waals surface area contributed by atoms with Gasteiger partial charge < -0.3 is 15.3 Å². The third-order valence-electron chi connectivity index (χ3n) is 5.99. The van der Waals surface area contributed by atoms with Gasteiger partial charge in [0, 0.05) is 34.5 Å². The minimum absolute atomic E-state index is 0.0284. The lowest BCUT2D eigenvalue weighted by molar-refractivity contribution is -0.140. The molecule has 0 saturated heterocycles. The van der Waals surface area contributed by atoms with Crippen molar-refractivity contribution in [2.45, 2.75) is 28.5 Å². The molecule has 11 heteroatoms. The Morgan fingerprint density at radius 2 is 1.86 bits per heavy atom. The van der Waals surface area contributed by atoms with E-state index in [2.05, 4.69) is 10.0 Å². The van der Waals surface area contributed by atoms with Gasteiger partial charge in [0.2, 0.25) is 5.91 Å². The molecule has 2 aromatic carbocycles. The first-order valence-electron chi connectivity index (χ1n) is 11.2. The number of carbonyl (C=O) groups excluding carboxylic acids is 1. The molecule has 190 valence electrons. The molecule has 1 aliphatic rings. The SMILES string of the molecule is CN(C)CCC(=O)Nc1cccc([C@@H]2C[C@]2(NS(=O)(=O)c2ccc(-c3ccc(Cl)cc3)s2)C(=O)O)c1. The molecule has 1 saturated carbocycles. The van der Waals surface area contributed by atoms with E-state index in [4.69, 9.17) is 11.6 Å². The van der Waals surface area contributed by atoms with Crippen LogP contribution in [0, 0.1) is 0 Å². The maximum atomic E-state index is 13.2. The van der Waals surface area contributed by atoms with Crippen molar-refractivity contribution in [1.29, 1.82) is 0 Å². The molecule has 8 nitrogen and oxygen atoms in total. The van der Waals surface area contributed by atoms with Crippen molar-refractivity contribution in [2.24, 2.45) is 0 Å². The summed E-state index contributed by atoms with van der Waals surface area (Å²) in [5.74, 6) is -1.97. The molecule has 4 rings (SSSR count). The van der Waals surface area contributed by atoms with Crippen molar-refractivity contribution in [2.75, 3.05) is 26.0 Å². The number of nitrogens with zero attached hydrogens (tertiary/aromatic N) is 1. The molecule has 0 aliphatic heterocycles. The summed E-state index contributed by atoms with van der Waals surface area (Å²) in [6, 6.07) is 17.0. The molecule has 36 heavy (non-hydrogen) atoms. The Morgan fingerprint density at radius 3 is 2.53 bits per heavy atom. The number of carboxylic acids is 1. The smallest absolute Gasteiger partial charge is 0.325 e. The first-order chi connectivity index (χ1) is 17.0. The number of amides is 1. The monoisotopic (exact) mass is 547 g/mol. The van der Waals surface area contributed by atoms with Gasteiger partial charge in [-0.2, -0.15) is 4.72 Å². The third-order valence-corrected chi connectivity index (χ3v) is 9.38. The molecular weight excluding hydrogens is 522 g/mol. The first kappa shape index (κ1) is 26.3. The highest BCUT2D eigenvalue weighted by molar-refractivity contribution is 7.91. The normalized spacial score (nSPS) is 19.3. The van der Waals surface area contributed by atoms with E-state index < -0.39 is 27.4 Å². The molecule has 1 fully saturated rings. The lowest BCUT2D eigenvalue weighted by Crippen LogP contribution is -2.44. The van der Waals surface area contributed by atoms with Crippen LogP contribution in [0.4, 0.5) is 5.69 Å². The number of benzene rings is 2. The van der Waals surface area contributed by atoms with Crippen LogP contribution in [0.2, 0.25) is 5.02 Å². The number of carboxylic acid groups (broad SMARTS) is 1. The van der Waals surface area contributed by atoms with E-state index in [1.807, 2.05) is 19.0 Å². The van der Waals surface area contributed by atoms with Crippen LogP contribution in [0.15, 0.2) is 64.9 Å². The standard InChI is InChI=1S/C25H26ClN3O5S2/c1-29(2)13-12-22(30)27-19-5-3-4-17(14-19)20-15-25(20,24(31)32)28-36(33,34)23-11-10-21(35-23)16-6-8-18(26)9-7-16/h3-11,14,20,28H,12-13,15H2,1-2H3,(H,27,30)(H,31,32)/t20-,25+/m0/s1. The number of anilines is 1. The van der Waals surface area contributed by atoms with Crippen molar-refractivity contribution in [3.63, 3.8) is 0 Å². The Kier molecular flexibility index (Phi) is 7.53. The summed E-state index contributed by atoms with van der Waals surface area (Å²) < 4.78 is 28.8. The summed E-state index contributed by atoms with van der Waals surface area (Å²) in [5, 5.41) is 13.4. The number of sulfonamides is 1. The third kappa shape index (κ3) is 5.79. The van der Waals surface area contributed by atoms with Gasteiger partial charge in [-0.1, -0.05) is 35.9 Å². The Morgan fingerprint density at radius 1 is 1.14 bits per heavy atom. The predicted octanol–water partition coefficient (Wildman–Crippen LogP) is 4.25. The Bertz CT molecular complexity index is 1390. The second kappa shape index (κ2) is 10.3. The molecule has 1 heterocycles. The zero-order valence-electron chi connectivity index (χ0n) is 19.7. The van der Waals surface area contributed by atoms with Crippen LogP contribution in [0.5, 0.6) is 0 Å². The summed E-state index contributed by atoms with van der Waals surface area (Å²) in [6.45, 7) is 0.598. The second-order valence-corrected chi connectivity index (χ2v) is 12.4. The molecule has 1 aromatic heterocycles. The molecule has 3 aromatic rings. The van der Waals surface area contributed by atoms with E-state index in [1.165, 1.54) is 6.07 Å². The molecule has 2 atom stereocenters. The van der Waals surface area contributed by atoms with Crippen LogP contribution in [0.1, 0.15) is 24.3 Å². The van der Waals surface area contributed by atoms with E-state index >= 15 is 0 Å². The van der Waals surface area contributed by atoms with Crippen LogP contribution < -0.4 is 10.0 Å². The highest BCUT2D eigenvalue weighted by atomic mass is 35.5. The number of hydrogen-bond donors (Lipinski definition) is 3. The fraction of sp³-hybridized carbons (Fsp3) is 0.280. The van der Waals surface area contributed by atoms with Crippen molar-refractivity contribution < 1.29 is 23.1 Å². The zero-order valence-corrected chi connectivity index (χ0v) is 22.1. The minimum atomic E-state index is -4.09. The minimum Gasteiger partial charge on any atom is -0.480 e. The van der Waals surface area contributed by atoms with Crippen LogP contribution in [-0.4, -0.2) is 56.5 Å². The maximum absolute atomic E-state index is 13.2. The zero-order chi connectivity index (χ0) is 26.1. The van der Waals surface area contributed by atoms with Gasteiger partial charge in [0.1, 0.15) is 9.75 Å². The number of nitrogens with one attached hydrogen (secondary N) is 2. The van der Waals surface area contributed by atoms with Gasteiger partial charge in [0.25, 0.3) is 10.0 Å². The Labute approximate surface area is 219 Å². The summed E-state index contributed by atoms with van der Waals surface area (Å²) in [5.41, 5.74) is 0.332. The Hall–Kier alpha value is -2.76. The van der Waals surface area contributed by atoms with Crippen LogP contribution >= 0.6 is 22.9 Å². The van der Waals surface area contributed by atoms with Crippen LogP contribution in [-0.2, 0) is 19.6 Å². The van der Waals surface area contributed by atoms with E-state index in [0.29, 0.717) is 29.2 Å². The fourth-order valence-corrected chi connectivity index (χ4v) is 6.81. The average Bonchev–Trinajstić information content (AvgIpc) is 3.31. The molecular formula is C25H26ClN3O5S2. The number of thiophene rings is 1. The fourth-order valence-electron chi connectivity index (χ4n) is 3.96. The first-order valence-corrected chi connectivity index (χ1v) is 13.9. The number of rotatable bonds is 10. The summed E-state index contributed by atoms with van der Waals surface area (Å²) in [7, 11) is -0.340. The van der Waals surface area contributed by atoms with Gasteiger partial charge >= 0.3 is 5.97 Å². The number of carbonyl (C=O) groups is 2. The number of halogens is 1. The van der Waals surface area contributed by atoms with E-state index in [9.17, 15) is 23.1 Å². The second-order valence-electron chi connectivity index (χ2n) is 8.99. The summed E-state index contributed by atoms with van der Waals surface area (Å²) >= 11 is 6.98. The molecule has 3 N–H and O–H groups in total. The van der Waals surface area contributed by atoms with Gasteiger partial charge in [0.05, 0.1) is 0 Å². The number of hydrogen-bond acceptors (Lipinski definition) is 6. The van der Waals surface area contributed by atoms with Gasteiger partial charge in [-0.05, 0) is 68.0 Å². The molecule has 1 amide bonds. The van der Waals surface area contributed by atoms with Crippen LogP contribution in [0.3, 0.4) is 0 Å². The molecule has 0 spiro atoms. The lowest BCUT2D eigenvalue weighted by atomic mass is 10.1. The van der Waals surface area contributed by atoms with Gasteiger partial charge in [0.15, 0.2) is 0 Å². The van der Waals surface area contributed by atoms with Gasteiger partial charge in [-0.15, -0.1) is 11.3 Å². The van der Waals surface area contributed by atoms with Crippen molar-refractivity contribution in [3.05, 3.63) is 71.2 Å². The lowest BCUT2D eigenvalue weighted by Gasteiger charge is -2.15. The van der Waals surface area contributed by atoms with Gasteiger partial charge in [-0.3, -0.25) is 9.59 Å². The largest absolute Gasteiger partial charge is 0.480 e. The predicted molar refractivity (Wildman–Crippen MR) is 141 cm³/mol. The van der Waals surface area contributed by atoms with E-state index in [-0.39, 0.29) is 16.5 Å². The highest BCUT2D eigenvalue weighted by Gasteiger charge is 2.63.